The number of quaternary nitrogens is 1. The van der Waals surface area contributed by atoms with Crippen LogP contribution in [-0.2, 0) is 20.1 Å². The van der Waals surface area contributed by atoms with Crippen molar-refractivity contribution in [2.75, 3.05) is 14.1 Å². The number of hydrogen-bond acceptors (Lipinski definition) is 0. The minimum absolute atomic E-state index is 0.795. The molecule has 0 atom stereocenters. The summed E-state index contributed by atoms with van der Waals surface area (Å²) in [6, 6.07) is 18.9. The Morgan fingerprint density at radius 1 is 0.950 bits per heavy atom. The summed E-state index contributed by atoms with van der Waals surface area (Å²) in [7, 11) is 16.5. The van der Waals surface area contributed by atoms with Gasteiger partial charge in [-0.3, -0.25) is 0 Å². The number of benzene rings is 2. The van der Waals surface area contributed by atoms with E-state index in [0.29, 0.717) is 0 Å². The fraction of sp³-hybridized carbons (Fsp3) is 0.188. The molecule has 0 bridgehead atoms. The van der Waals surface area contributed by atoms with Gasteiger partial charge < -0.3 is 0 Å². The average Bonchev–Trinajstić information content (AvgIpc) is 2.41. The van der Waals surface area contributed by atoms with Crippen LogP contribution in [0.2, 0.25) is 0 Å². The van der Waals surface area contributed by atoms with E-state index in [4.69, 9.17) is 19.4 Å². The van der Waals surface area contributed by atoms with Gasteiger partial charge in [0.2, 0.25) is 0 Å². The Hall–Kier alpha value is -0.527. The molecule has 20 heavy (non-hydrogen) atoms. The molecule has 2 aromatic carbocycles. The van der Waals surface area contributed by atoms with E-state index >= 15 is 0 Å². The van der Waals surface area contributed by atoms with Gasteiger partial charge in [-0.15, -0.1) is 0 Å². The van der Waals surface area contributed by atoms with Crippen LogP contribution in [0.25, 0.3) is 0 Å². The molecule has 0 aromatic heterocycles. The van der Waals surface area contributed by atoms with Crippen LogP contribution in [0.1, 0.15) is 11.1 Å². The second-order valence-electron chi connectivity index (χ2n) is 5.18. The van der Waals surface area contributed by atoms with Gasteiger partial charge in [-0.05, 0) is 0 Å². The van der Waals surface area contributed by atoms with Crippen molar-refractivity contribution in [3.05, 3.63) is 65.7 Å². The van der Waals surface area contributed by atoms with E-state index in [1.807, 2.05) is 16.7 Å². The van der Waals surface area contributed by atoms with Gasteiger partial charge in [0.1, 0.15) is 0 Å². The molecule has 0 aliphatic heterocycles. The van der Waals surface area contributed by atoms with Crippen molar-refractivity contribution >= 4 is 29.7 Å². The predicted octanol–water partition coefficient (Wildman–Crippen LogP) is 4.53. The number of halogens is 2. The monoisotopic (exact) mass is 396 g/mol. The van der Waals surface area contributed by atoms with Crippen LogP contribution in [0, 0.1) is 0 Å². The molecule has 0 unspecified atom stereocenters. The maximum absolute atomic E-state index is 6.02. The molecule has 108 valence electrons. The van der Waals surface area contributed by atoms with Crippen LogP contribution >= 0.6 is 19.4 Å². The fourth-order valence-corrected chi connectivity index (χ4v) is 4.09. The summed E-state index contributed by atoms with van der Waals surface area (Å²) < 4.78 is 2.82. The quantitative estimate of drug-likeness (QED) is 0.526. The van der Waals surface area contributed by atoms with Crippen LogP contribution in [0.15, 0.2) is 54.6 Å². The van der Waals surface area contributed by atoms with Crippen molar-refractivity contribution < 1.29 is 13.5 Å². The van der Waals surface area contributed by atoms with Crippen molar-refractivity contribution in [2.24, 2.45) is 0 Å². The second kappa shape index (κ2) is 6.96. The number of nitrogens with zero attached hydrogens (tertiary/aromatic N) is 1. The first-order valence-corrected chi connectivity index (χ1v) is 11.8. The van der Waals surface area contributed by atoms with Crippen molar-refractivity contribution in [1.82, 2.24) is 4.48 Å². The molecule has 0 aliphatic rings. The maximum atomic E-state index is 6.02. The molecule has 0 heterocycles. The van der Waals surface area contributed by atoms with E-state index in [1.54, 1.807) is 0 Å². The first kappa shape index (κ1) is 15.9. The summed E-state index contributed by atoms with van der Waals surface area (Å²) in [6.07, 6.45) is 0. The fourth-order valence-electron chi connectivity index (χ4n) is 2.21. The zero-order chi connectivity index (χ0) is 14.6. The van der Waals surface area contributed by atoms with Gasteiger partial charge >= 0.3 is 134 Å². The molecule has 0 radical (unpaired) electrons. The molecular weight excluding hydrogens is 378 g/mol. The van der Waals surface area contributed by atoms with E-state index in [-0.39, 0.29) is 0 Å². The summed E-state index contributed by atoms with van der Waals surface area (Å²) in [5.41, 5.74) is 3.73. The van der Waals surface area contributed by atoms with Crippen LogP contribution in [-0.4, -0.2) is 18.7 Å². The van der Waals surface area contributed by atoms with E-state index in [0.717, 1.165) is 11.0 Å². The molecule has 1 nitrogen and oxygen atoms in total. The molecule has 0 amide bonds. The summed E-state index contributed by atoms with van der Waals surface area (Å²) >= 11 is -1.80. The molecule has 0 saturated carbocycles. The molecule has 0 N–H and O–H groups in total. The van der Waals surface area contributed by atoms with Gasteiger partial charge in [-0.2, -0.15) is 0 Å². The number of para-hydroxylation sites is 1. The van der Waals surface area contributed by atoms with Gasteiger partial charge in [-0.25, -0.2) is 0 Å². The molecule has 0 spiro atoms. The third-order valence-electron chi connectivity index (χ3n) is 3.26. The Balaban J connectivity index is 2.33. The predicted molar refractivity (Wildman–Crippen MR) is 87.1 cm³/mol. The van der Waals surface area contributed by atoms with Crippen molar-refractivity contribution in [1.29, 1.82) is 0 Å². The molecule has 2 rings (SSSR count). The number of hydrogen-bond donors (Lipinski definition) is 0. The topological polar surface area (TPSA) is 0 Å². The third-order valence-corrected chi connectivity index (χ3v) is 5.10. The third kappa shape index (κ3) is 4.23. The molecule has 0 saturated heterocycles. The molecular formula is C16H18Cl2NRu+. The Morgan fingerprint density at radius 2 is 1.55 bits per heavy atom. The van der Waals surface area contributed by atoms with Crippen LogP contribution in [0.5, 0.6) is 0 Å². The van der Waals surface area contributed by atoms with Crippen molar-refractivity contribution in [3.8, 4) is 0 Å². The van der Waals surface area contributed by atoms with Gasteiger partial charge in [0.05, 0.1) is 0 Å². The van der Waals surface area contributed by atoms with Gasteiger partial charge in [-0.1, -0.05) is 0 Å². The SMILES string of the molecule is C[N+](C)(Cc1ccccc1[CH]=[Ru]([Cl])[Cl])c1ccccc1. The van der Waals surface area contributed by atoms with Gasteiger partial charge in [0.25, 0.3) is 0 Å². The average molecular weight is 396 g/mol. The van der Waals surface area contributed by atoms with E-state index in [9.17, 15) is 0 Å². The number of rotatable bonds is 4. The summed E-state index contributed by atoms with van der Waals surface area (Å²) in [4.78, 5) is 0. The van der Waals surface area contributed by atoms with E-state index in [1.165, 1.54) is 16.8 Å². The Morgan fingerprint density at radius 3 is 2.20 bits per heavy atom. The first-order valence-electron chi connectivity index (χ1n) is 6.29. The van der Waals surface area contributed by atoms with Crippen LogP contribution in [0.3, 0.4) is 0 Å². The van der Waals surface area contributed by atoms with Gasteiger partial charge in [0, 0.05) is 0 Å². The van der Waals surface area contributed by atoms with Crippen molar-refractivity contribution in [3.63, 3.8) is 0 Å². The second-order valence-corrected chi connectivity index (χ2v) is 10.9. The zero-order valence-corrected chi connectivity index (χ0v) is 14.8. The summed E-state index contributed by atoms with van der Waals surface area (Å²) in [5, 5.41) is 0. The zero-order valence-electron chi connectivity index (χ0n) is 11.5. The molecule has 0 aliphatic carbocycles. The van der Waals surface area contributed by atoms with Gasteiger partial charge in [0.15, 0.2) is 0 Å². The standard InChI is InChI=1S/C16H18N.2ClH.Ru/c1-14-9-7-8-10-15(14)13-17(2,3)16-11-5-4-6-12-16;;;/h1,4-12H,13H2,2-3H3;2*1H;/q+1;;;+2/p-2. The normalized spacial score (nSPS) is 12.1. The van der Waals surface area contributed by atoms with Crippen molar-refractivity contribution in [2.45, 2.75) is 6.54 Å². The van der Waals surface area contributed by atoms with Crippen LogP contribution in [0.4, 0.5) is 5.69 Å². The Kier molecular flexibility index (Phi) is 5.52. The molecule has 2 aromatic rings. The summed E-state index contributed by atoms with van der Waals surface area (Å²) in [6.45, 7) is 0.909. The van der Waals surface area contributed by atoms with E-state index in [2.05, 4.69) is 56.6 Å². The minimum atomic E-state index is -1.80. The van der Waals surface area contributed by atoms with Crippen LogP contribution < -0.4 is 4.48 Å². The summed E-state index contributed by atoms with van der Waals surface area (Å²) in [5.74, 6) is 0. The van der Waals surface area contributed by atoms with E-state index < -0.39 is 13.5 Å². The molecule has 4 heteroatoms. The molecule has 0 fully saturated rings. The first-order chi connectivity index (χ1) is 9.49. The Bertz CT molecular complexity index is 605. The Labute approximate surface area is 133 Å².